The normalized spacial score (nSPS) is 11.9. The summed E-state index contributed by atoms with van der Waals surface area (Å²) < 4.78 is 5.53. The van der Waals surface area contributed by atoms with Crippen LogP contribution in [0.4, 0.5) is 11.4 Å². The molecule has 0 aliphatic rings. The number of nitrogens with one attached hydrogen (secondary N) is 1. The molecule has 0 aliphatic carbocycles. The van der Waals surface area contributed by atoms with E-state index in [0.29, 0.717) is 6.61 Å². The fourth-order valence-corrected chi connectivity index (χ4v) is 2.68. The van der Waals surface area contributed by atoms with E-state index in [1.54, 1.807) is 0 Å². The average molecular weight is 314 g/mol. The standard InChI is InChI=1S/C19H26N2O2/c1-5-23-19-11-10-16(12-15(19)13-22)20-14(2)17-8-6-7-9-18(17)21(3)4/h6-12,14,20,22H,5,13H2,1-4H3. The van der Waals surface area contributed by atoms with Gasteiger partial charge in [0.25, 0.3) is 0 Å². The van der Waals surface area contributed by atoms with Crippen molar-refractivity contribution in [1.29, 1.82) is 0 Å². The van der Waals surface area contributed by atoms with Crippen molar-refractivity contribution in [1.82, 2.24) is 0 Å². The highest BCUT2D eigenvalue weighted by molar-refractivity contribution is 5.58. The number of nitrogens with zero attached hydrogens (tertiary/aromatic N) is 1. The number of anilines is 2. The summed E-state index contributed by atoms with van der Waals surface area (Å²) >= 11 is 0. The predicted octanol–water partition coefficient (Wildman–Crippen LogP) is 3.82. The Kier molecular flexibility index (Phi) is 5.88. The maximum absolute atomic E-state index is 9.52. The third-order valence-corrected chi connectivity index (χ3v) is 3.80. The zero-order chi connectivity index (χ0) is 16.8. The SMILES string of the molecule is CCOc1ccc(NC(C)c2ccccc2N(C)C)cc1CO. The first-order valence-corrected chi connectivity index (χ1v) is 7.96. The summed E-state index contributed by atoms with van der Waals surface area (Å²) in [7, 11) is 4.10. The molecule has 0 radical (unpaired) electrons. The topological polar surface area (TPSA) is 44.7 Å². The fraction of sp³-hybridized carbons (Fsp3) is 0.368. The minimum absolute atomic E-state index is 0.0342. The molecule has 0 fully saturated rings. The Balaban J connectivity index is 2.22. The second kappa shape index (κ2) is 7.88. The van der Waals surface area contributed by atoms with Crippen LogP contribution in [0.3, 0.4) is 0 Å². The van der Waals surface area contributed by atoms with Crippen LogP contribution in [-0.4, -0.2) is 25.8 Å². The van der Waals surface area contributed by atoms with Gasteiger partial charge in [-0.3, -0.25) is 0 Å². The van der Waals surface area contributed by atoms with E-state index in [2.05, 4.69) is 35.3 Å². The second-order valence-electron chi connectivity index (χ2n) is 5.73. The molecule has 4 nitrogen and oxygen atoms in total. The van der Waals surface area contributed by atoms with Gasteiger partial charge in [0.2, 0.25) is 0 Å². The van der Waals surface area contributed by atoms with Crippen LogP contribution in [0.1, 0.15) is 31.0 Å². The number of rotatable bonds is 7. The summed E-state index contributed by atoms with van der Waals surface area (Å²) in [6.07, 6.45) is 0. The van der Waals surface area contributed by atoms with Crippen molar-refractivity contribution in [2.45, 2.75) is 26.5 Å². The molecule has 0 heterocycles. The molecule has 1 unspecified atom stereocenters. The highest BCUT2D eigenvalue weighted by Gasteiger charge is 2.12. The molecule has 0 bridgehead atoms. The zero-order valence-corrected chi connectivity index (χ0v) is 14.3. The second-order valence-corrected chi connectivity index (χ2v) is 5.73. The van der Waals surface area contributed by atoms with E-state index in [1.807, 2.05) is 45.3 Å². The number of aliphatic hydroxyl groups excluding tert-OH is 1. The Hall–Kier alpha value is -2.20. The van der Waals surface area contributed by atoms with E-state index < -0.39 is 0 Å². The molecule has 2 aromatic rings. The van der Waals surface area contributed by atoms with Gasteiger partial charge >= 0.3 is 0 Å². The van der Waals surface area contributed by atoms with Crippen LogP contribution in [0.15, 0.2) is 42.5 Å². The quantitative estimate of drug-likeness (QED) is 0.815. The molecule has 2 rings (SSSR count). The van der Waals surface area contributed by atoms with E-state index in [9.17, 15) is 5.11 Å². The molecule has 2 N–H and O–H groups in total. The van der Waals surface area contributed by atoms with Crippen LogP contribution in [0.5, 0.6) is 5.75 Å². The molecule has 0 saturated carbocycles. The molecule has 0 spiro atoms. The van der Waals surface area contributed by atoms with Gasteiger partial charge in [-0.1, -0.05) is 18.2 Å². The van der Waals surface area contributed by atoms with E-state index in [4.69, 9.17) is 4.74 Å². The van der Waals surface area contributed by atoms with Crippen LogP contribution in [0.25, 0.3) is 0 Å². The number of para-hydroxylation sites is 1. The van der Waals surface area contributed by atoms with Gasteiger partial charge in [0.05, 0.1) is 19.3 Å². The Morgan fingerprint density at radius 3 is 2.57 bits per heavy atom. The van der Waals surface area contributed by atoms with Gasteiger partial charge in [-0.2, -0.15) is 0 Å². The number of benzene rings is 2. The van der Waals surface area contributed by atoms with Gasteiger partial charge in [0.1, 0.15) is 5.75 Å². The van der Waals surface area contributed by atoms with Crippen molar-refractivity contribution in [2.24, 2.45) is 0 Å². The van der Waals surface area contributed by atoms with Crippen LogP contribution in [0, 0.1) is 0 Å². The third-order valence-electron chi connectivity index (χ3n) is 3.80. The van der Waals surface area contributed by atoms with Crippen molar-refractivity contribution in [3.63, 3.8) is 0 Å². The highest BCUT2D eigenvalue weighted by atomic mass is 16.5. The largest absolute Gasteiger partial charge is 0.494 e. The van der Waals surface area contributed by atoms with Crippen LogP contribution >= 0.6 is 0 Å². The summed E-state index contributed by atoms with van der Waals surface area (Å²) in [6, 6.07) is 14.3. The monoisotopic (exact) mass is 314 g/mol. The molecular formula is C19H26N2O2. The molecule has 0 aliphatic heterocycles. The van der Waals surface area contributed by atoms with E-state index in [1.165, 1.54) is 11.3 Å². The lowest BCUT2D eigenvalue weighted by atomic mass is 10.0. The maximum atomic E-state index is 9.52. The molecule has 0 saturated heterocycles. The van der Waals surface area contributed by atoms with Crippen molar-refractivity contribution < 1.29 is 9.84 Å². The molecule has 23 heavy (non-hydrogen) atoms. The molecule has 0 aromatic heterocycles. The van der Waals surface area contributed by atoms with E-state index >= 15 is 0 Å². The maximum Gasteiger partial charge on any atom is 0.124 e. The summed E-state index contributed by atoms with van der Waals surface area (Å²) in [4.78, 5) is 2.12. The van der Waals surface area contributed by atoms with Crippen molar-refractivity contribution in [3.05, 3.63) is 53.6 Å². The molecule has 2 aromatic carbocycles. The summed E-state index contributed by atoms with van der Waals surface area (Å²) in [5.41, 5.74) is 4.20. The van der Waals surface area contributed by atoms with Gasteiger partial charge in [0.15, 0.2) is 0 Å². The van der Waals surface area contributed by atoms with Crippen LogP contribution in [-0.2, 0) is 6.61 Å². The average Bonchev–Trinajstić information content (AvgIpc) is 2.56. The van der Waals surface area contributed by atoms with Crippen LogP contribution in [0.2, 0.25) is 0 Å². The highest BCUT2D eigenvalue weighted by Crippen LogP contribution is 2.29. The minimum Gasteiger partial charge on any atom is -0.494 e. The molecule has 1 atom stereocenters. The molecule has 0 amide bonds. The Morgan fingerprint density at radius 1 is 1.17 bits per heavy atom. The number of aliphatic hydroxyl groups is 1. The predicted molar refractivity (Wildman–Crippen MR) is 96.3 cm³/mol. The van der Waals surface area contributed by atoms with Gasteiger partial charge in [-0.25, -0.2) is 0 Å². The van der Waals surface area contributed by atoms with Crippen molar-refractivity contribution >= 4 is 11.4 Å². The Labute approximate surface area is 138 Å². The van der Waals surface area contributed by atoms with Crippen molar-refractivity contribution in [2.75, 3.05) is 30.9 Å². The first-order chi connectivity index (χ1) is 11.1. The summed E-state index contributed by atoms with van der Waals surface area (Å²) in [5.74, 6) is 0.738. The van der Waals surface area contributed by atoms with Crippen molar-refractivity contribution in [3.8, 4) is 5.75 Å². The van der Waals surface area contributed by atoms with Gasteiger partial charge in [-0.15, -0.1) is 0 Å². The van der Waals surface area contributed by atoms with Crippen LogP contribution < -0.4 is 15.0 Å². The lowest BCUT2D eigenvalue weighted by molar-refractivity contribution is 0.267. The lowest BCUT2D eigenvalue weighted by Gasteiger charge is -2.23. The summed E-state index contributed by atoms with van der Waals surface area (Å²) in [6.45, 7) is 4.63. The number of hydrogen-bond donors (Lipinski definition) is 2. The molecular weight excluding hydrogens is 288 g/mol. The Morgan fingerprint density at radius 2 is 1.91 bits per heavy atom. The smallest absolute Gasteiger partial charge is 0.124 e. The zero-order valence-electron chi connectivity index (χ0n) is 14.3. The van der Waals surface area contributed by atoms with Gasteiger partial charge < -0.3 is 20.1 Å². The minimum atomic E-state index is -0.0342. The number of ether oxygens (including phenoxy) is 1. The Bertz CT molecular complexity index is 641. The number of hydrogen-bond acceptors (Lipinski definition) is 4. The van der Waals surface area contributed by atoms with Gasteiger partial charge in [-0.05, 0) is 43.7 Å². The molecule has 124 valence electrons. The first kappa shape index (κ1) is 17.2. The first-order valence-electron chi connectivity index (χ1n) is 7.96. The molecule has 4 heteroatoms. The lowest BCUT2D eigenvalue weighted by Crippen LogP contribution is -2.15. The van der Waals surface area contributed by atoms with E-state index in [0.717, 1.165) is 17.0 Å². The summed E-state index contributed by atoms with van der Waals surface area (Å²) in [5, 5.41) is 13.0. The third kappa shape index (κ3) is 4.17. The van der Waals surface area contributed by atoms with E-state index in [-0.39, 0.29) is 12.6 Å². The van der Waals surface area contributed by atoms with Gasteiger partial charge in [0, 0.05) is 31.0 Å². The fourth-order valence-electron chi connectivity index (χ4n) is 2.68.